The van der Waals surface area contributed by atoms with Crippen LogP contribution in [0.4, 0.5) is 5.69 Å². The number of benzene rings is 8. The largest absolute Gasteiger partial charge is 0.457 e. The molecular formula is C53H32N4O. The van der Waals surface area contributed by atoms with Crippen LogP contribution in [0, 0.1) is 6.57 Å². The smallest absolute Gasteiger partial charge is 0.187 e. The zero-order valence-electron chi connectivity index (χ0n) is 31.2. The summed E-state index contributed by atoms with van der Waals surface area (Å²) in [4.78, 5) is 18.7. The van der Waals surface area contributed by atoms with Gasteiger partial charge >= 0.3 is 0 Å². The second kappa shape index (κ2) is 13.4. The van der Waals surface area contributed by atoms with Crippen LogP contribution in [0.15, 0.2) is 194 Å². The van der Waals surface area contributed by atoms with Gasteiger partial charge in [0.25, 0.3) is 0 Å². The molecule has 1 aromatic heterocycles. The molecule has 0 radical (unpaired) electrons. The maximum absolute atomic E-state index is 7.94. The van der Waals surface area contributed by atoms with Crippen LogP contribution in [0.1, 0.15) is 22.3 Å². The molecule has 11 rings (SSSR count). The number of ether oxygens (including phenoxy) is 1. The van der Waals surface area contributed by atoms with Crippen molar-refractivity contribution in [1.82, 2.24) is 15.0 Å². The first kappa shape index (κ1) is 33.4. The number of fused-ring (bicyclic) bond motifs is 9. The van der Waals surface area contributed by atoms with Crippen molar-refractivity contribution < 1.29 is 4.74 Å². The summed E-state index contributed by atoms with van der Waals surface area (Å²) in [6.07, 6.45) is 0. The Morgan fingerprint density at radius 3 is 1.36 bits per heavy atom. The Labute approximate surface area is 336 Å². The van der Waals surface area contributed by atoms with Crippen molar-refractivity contribution in [3.63, 3.8) is 0 Å². The van der Waals surface area contributed by atoms with E-state index < -0.39 is 5.41 Å². The summed E-state index contributed by atoms with van der Waals surface area (Å²) in [6.45, 7) is 7.94. The van der Waals surface area contributed by atoms with E-state index in [2.05, 4.69) is 108 Å². The summed E-state index contributed by atoms with van der Waals surface area (Å²) in [5.74, 6) is 3.53. The predicted molar refractivity (Wildman–Crippen MR) is 231 cm³/mol. The van der Waals surface area contributed by atoms with Gasteiger partial charge < -0.3 is 4.74 Å². The predicted octanol–water partition coefficient (Wildman–Crippen LogP) is 13.2. The molecule has 2 aliphatic rings. The van der Waals surface area contributed by atoms with E-state index >= 15 is 0 Å². The number of para-hydroxylation sites is 2. The number of hydrogen-bond acceptors (Lipinski definition) is 4. The van der Waals surface area contributed by atoms with Crippen LogP contribution in [0.25, 0.3) is 72.4 Å². The van der Waals surface area contributed by atoms with Gasteiger partial charge in [-0.25, -0.2) is 19.8 Å². The fourth-order valence-corrected chi connectivity index (χ4v) is 8.79. The molecule has 2 heterocycles. The Balaban J connectivity index is 1.04. The summed E-state index contributed by atoms with van der Waals surface area (Å²) < 4.78 is 6.56. The lowest BCUT2D eigenvalue weighted by atomic mass is 9.66. The Bertz CT molecular complexity index is 3010. The number of nitrogens with zero attached hydrogens (tertiary/aromatic N) is 4. The lowest BCUT2D eigenvalue weighted by Crippen LogP contribution is -2.32. The summed E-state index contributed by atoms with van der Waals surface area (Å²) in [5.41, 5.74) is 13.8. The molecule has 58 heavy (non-hydrogen) atoms. The second-order valence-electron chi connectivity index (χ2n) is 14.6. The van der Waals surface area contributed by atoms with Crippen LogP contribution in [-0.2, 0) is 5.41 Å². The zero-order chi connectivity index (χ0) is 38.6. The number of hydrogen-bond donors (Lipinski definition) is 0. The standard InChI is InChI=1S/C53H32N4O/c1-54-41-27-29-43-42-28-26-39(32-46(42)53(47(43)33-41)44-22-8-10-24-48(44)58-49-25-11-9-23-45(49)53)37-19-12-18-36(30-37)38-20-13-21-40(31-38)52-56-50(34-14-4-2-5-15-34)55-51(57-52)35-16-6-3-7-17-35/h2-33H. The van der Waals surface area contributed by atoms with E-state index in [1.54, 1.807) is 0 Å². The average molecular weight is 741 g/mol. The Hall–Kier alpha value is -7.94. The maximum atomic E-state index is 7.94. The molecule has 9 aromatic rings. The molecule has 0 fully saturated rings. The molecule has 1 aliphatic heterocycles. The van der Waals surface area contributed by atoms with E-state index in [-0.39, 0.29) is 0 Å². The van der Waals surface area contributed by atoms with Crippen molar-refractivity contribution in [2.24, 2.45) is 0 Å². The summed E-state index contributed by atoms with van der Waals surface area (Å²) in [6, 6.07) is 66.8. The SMILES string of the molecule is [C-]#[N+]c1ccc2c(c1)C1(c3ccccc3Oc3ccccc31)c1cc(-c3cccc(-c4cccc(-c5nc(-c6ccccc6)nc(-c6ccccc6)n5)c4)c3)ccc1-2. The lowest BCUT2D eigenvalue weighted by Gasteiger charge is -2.39. The van der Waals surface area contributed by atoms with Crippen LogP contribution >= 0.6 is 0 Å². The van der Waals surface area contributed by atoms with Gasteiger partial charge in [0.1, 0.15) is 11.5 Å². The molecule has 270 valence electrons. The first-order chi connectivity index (χ1) is 28.7. The number of rotatable bonds is 5. The first-order valence-electron chi connectivity index (χ1n) is 19.3. The Morgan fingerprint density at radius 2 is 0.793 bits per heavy atom. The van der Waals surface area contributed by atoms with Gasteiger partial charge in [0.2, 0.25) is 0 Å². The van der Waals surface area contributed by atoms with Gasteiger partial charge in [-0.2, -0.15) is 0 Å². The maximum Gasteiger partial charge on any atom is 0.187 e. The van der Waals surface area contributed by atoms with Gasteiger partial charge in [-0.3, -0.25) is 0 Å². The highest BCUT2D eigenvalue weighted by Crippen LogP contribution is 2.62. The summed E-state index contributed by atoms with van der Waals surface area (Å²) in [7, 11) is 0. The van der Waals surface area contributed by atoms with Crippen molar-refractivity contribution in [3.8, 4) is 79.0 Å². The molecule has 0 bridgehead atoms. The number of aromatic nitrogens is 3. The van der Waals surface area contributed by atoms with Crippen LogP contribution in [0.5, 0.6) is 11.5 Å². The fourth-order valence-electron chi connectivity index (χ4n) is 8.79. The van der Waals surface area contributed by atoms with Crippen LogP contribution in [-0.4, -0.2) is 15.0 Å². The molecule has 0 saturated heterocycles. The van der Waals surface area contributed by atoms with Crippen molar-refractivity contribution in [1.29, 1.82) is 0 Å². The third-order valence-corrected chi connectivity index (χ3v) is 11.4. The van der Waals surface area contributed by atoms with Gasteiger partial charge in [0, 0.05) is 27.8 Å². The van der Waals surface area contributed by atoms with Gasteiger partial charge in [0.05, 0.1) is 12.0 Å². The normalized spacial score (nSPS) is 12.7. The van der Waals surface area contributed by atoms with E-state index in [1.807, 2.05) is 91.0 Å². The van der Waals surface area contributed by atoms with Gasteiger partial charge in [-0.05, 0) is 74.8 Å². The topological polar surface area (TPSA) is 52.3 Å². The molecule has 8 aromatic carbocycles. The molecule has 5 heteroatoms. The van der Waals surface area contributed by atoms with E-state index in [0.717, 1.165) is 78.3 Å². The lowest BCUT2D eigenvalue weighted by molar-refractivity contribution is 0.436. The molecule has 0 unspecified atom stereocenters. The minimum atomic E-state index is -0.666. The summed E-state index contributed by atoms with van der Waals surface area (Å²) >= 11 is 0. The average Bonchev–Trinajstić information content (AvgIpc) is 3.58. The first-order valence-corrected chi connectivity index (χ1v) is 19.3. The van der Waals surface area contributed by atoms with Crippen LogP contribution in [0.2, 0.25) is 0 Å². The molecule has 0 atom stereocenters. The quantitative estimate of drug-likeness (QED) is 0.165. The molecule has 5 nitrogen and oxygen atoms in total. The Kier molecular flexibility index (Phi) is 7.70. The highest BCUT2D eigenvalue weighted by Gasteiger charge is 2.51. The minimum absolute atomic E-state index is 0.618. The van der Waals surface area contributed by atoms with Gasteiger partial charge in [-0.1, -0.05) is 164 Å². The Morgan fingerprint density at radius 1 is 0.362 bits per heavy atom. The summed E-state index contributed by atoms with van der Waals surface area (Å²) in [5, 5.41) is 0. The molecule has 0 N–H and O–H groups in total. The van der Waals surface area contributed by atoms with Crippen molar-refractivity contribution in [2.75, 3.05) is 0 Å². The third-order valence-electron chi connectivity index (χ3n) is 11.4. The highest BCUT2D eigenvalue weighted by atomic mass is 16.5. The molecule has 0 saturated carbocycles. The second-order valence-corrected chi connectivity index (χ2v) is 14.6. The highest BCUT2D eigenvalue weighted by molar-refractivity contribution is 5.91. The van der Waals surface area contributed by atoms with Gasteiger partial charge in [-0.15, -0.1) is 0 Å². The van der Waals surface area contributed by atoms with Crippen LogP contribution < -0.4 is 4.74 Å². The molecule has 1 aliphatic carbocycles. The molecule has 1 spiro atoms. The van der Waals surface area contributed by atoms with E-state index in [9.17, 15) is 0 Å². The minimum Gasteiger partial charge on any atom is -0.457 e. The third kappa shape index (κ3) is 5.27. The molecular weight excluding hydrogens is 709 g/mol. The monoisotopic (exact) mass is 740 g/mol. The van der Waals surface area contributed by atoms with E-state index in [4.69, 9.17) is 26.3 Å². The fraction of sp³-hybridized carbons (Fsp3) is 0.0189. The van der Waals surface area contributed by atoms with E-state index in [0.29, 0.717) is 23.2 Å². The zero-order valence-corrected chi connectivity index (χ0v) is 31.2. The van der Waals surface area contributed by atoms with Crippen molar-refractivity contribution >= 4 is 5.69 Å². The molecule has 0 amide bonds. The van der Waals surface area contributed by atoms with Crippen LogP contribution in [0.3, 0.4) is 0 Å². The van der Waals surface area contributed by atoms with E-state index in [1.165, 1.54) is 5.56 Å². The van der Waals surface area contributed by atoms with Gasteiger partial charge in [0.15, 0.2) is 23.2 Å². The van der Waals surface area contributed by atoms with Crippen molar-refractivity contribution in [3.05, 3.63) is 228 Å². The van der Waals surface area contributed by atoms with Crippen molar-refractivity contribution in [2.45, 2.75) is 5.41 Å².